The Bertz CT molecular complexity index is 469. The maximum absolute atomic E-state index is 12.3. The van der Waals surface area contributed by atoms with Crippen molar-refractivity contribution in [3.8, 4) is 0 Å². The smallest absolute Gasteiger partial charge is 0.186 e. The standard InChI is InChI=1S/C11H13ClO3S/c12-9-2-4-10(5-3-9)16(14,15)11(8-13)6-1-7-11/h2-5,13H,1,6-8H2. The molecule has 1 saturated carbocycles. The Hall–Kier alpha value is -0.580. The van der Waals surface area contributed by atoms with Gasteiger partial charge in [0.25, 0.3) is 0 Å². The van der Waals surface area contributed by atoms with Gasteiger partial charge in [0.05, 0.1) is 16.2 Å². The number of hydrogen-bond acceptors (Lipinski definition) is 3. The summed E-state index contributed by atoms with van der Waals surface area (Å²) in [5.41, 5.74) is 0. The molecular formula is C11H13ClO3S. The lowest BCUT2D eigenvalue weighted by molar-refractivity contribution is 0.181. The van der Waals surface area contributed by atoms with Gasteiger partial charge in [-0.1, -0.05) is 18.0 Å². The number of halogens is 1. The van der Waals surface area contributed by atoms with Gasteiger partial charge in [0.15, 0.2) is 9.84 Å². The zero-order chi connectivity index (χ0) is 11.8. The topological polar surface area (TPSA) is 54.4 Å². The van der Waals surface area contributed by atoms with E-state index in [2.05, 4.69) is 0 Å². The summed E-state index contributed by atoms with van der Waals surface area (Å²) in [6.07, 6.45) is 1.93. The van der Waals surface area contributed by atoms with E-state index in [0.29, 0.717) is 17.9 Å². The van der Waals surface area contributed by atoms with Gasteiger partial charge in [-0.25, -0.2) is 8.42 Å². The second-order valence-corrected chi connectivity index (χ2v) is 6.93. The average molecular weight is 261 g/mol. The number of sulfone groups is 1. The Balaban J connectivity index is 2.42. The molecule has 5 heteroatoms. The number of aliphatic hydroxyl groups excluding tert-OH is 1. The average Bonchev–Trinajstić information content (AvgIpc) is 2.17. The van der Waals surface area contributed by atoms with Gasteiger partial charge in [0.1, 0.15) is 0 Å². The van der Waals surface area contributed by atoms with Crippen molar-refractivity contribution in [1.29, 1.82) is 0 Å². The molecule has 1 aliphatic rings. The highest BCUT2D eigenvalue weighted by atomic mass is 35.5. The molecule has 1 aromatic carbocycles. The minimum absolute atomic E-state index is 0.241. The van der Waals surface area contributed by atoms with Crippen molar-refractivity contribution in [1.82, 2.24) is 0 Å². The third kappa shape index (κ3) is 1.65. The van der Waals surface area contributed by atoms with E-state index in [1.807, 2.05) is 0 Å². The molecule has 0 bridgehead atoms. The molecule has 1 N–H and O–H groups in total. The molecule has 0 aliphatic heterocycles. The summed E-state index contributed by atoms with van der Waals surface area (Å²) in [6.45, 7) is -0.308. The van der Waals surface area contributed by atoms with Crippen molar-refractivity contribution >= 4 is 21.4 Å². The van der Waals surface area contributed by atoms with Gasteiger partial charge in [0.2, 0.25) is 0 Å². The van der Waals surface area contributed by atoms with Gasteiger partial charge in [-0.05, 0) is 37.1 Å². The van der Waals surface area contributed by atoms with E-state index in [9.17, 15) is 13.5 Å². The number of rotatable bonds is 3. The lowest BCUT2D eigenvalue weighted by Gasteiger charge is -2.39. The highest BCUT2D eigenvalue weighted by Gasteiger charge is 2.48. The lowest BCUT2D eigenvalue weighted by atomic mass is 9.85. The highest BCUT2D eigenvalue weighted by molar-refractivity contribution is 7.93. The Morgan fingerprint density at radius 2 is 1.81 bits per heavy atom. The molecule has 0 unspecified atom stereocenters. The normalized spacial score (nSPS) is 19.1. The summed E-state index contributed by atoms with van der Waals surface area (Å²) in [6, 6.07) is 6.09. The molecule has 0 atom stereocenters. The molecular weight excluding hydrogens is 248 g/mol. The van der Waals surface area contributed by atoms with Crippen molar-refractivity contribution in [2.75, 3.05) is 6.61 Å². The van der Waals surface area contributed by atoms with E-state index in [1.54, 1.807) is 12.1 Å². The first kappa shape index (κ1) is 11.9. The van der Waals surface area contributed by atoms with E-state index in [-0.39, 0.29) is 11.5 Å². The van der Waals surface area contributed by atoms with Crippen LogP contribution in [0.4, 0.5) is 0 Å². The molecule has 3 nitrogen and oxygen atoms in total. The van der Waals surface area contributed by atoms with Crippen molar-refractivity contribution in [3.63, 3.8) is 0 Å². The van der Waals surface area contributed by atoms with Gasteiger partial charge in [-0.3, -0.25) is 0 Å². The van der Waals surface area contributed by atoms with E-state index in [0.717, 1.165) is 6.42 Å². The van der Waals surface area contributed by atoms with Crippen molar-refractivity contribution in [2.24, 2.45) is 0 Å². The molecule has 88 valence electrons. The van der Waals surface area contributed by atoms with E-state index >= 15 is 0 Å². The van der Waals surface area contributed by atoms with E-state index in [4.69, 9.17) is 11.6 Å². The summed E-state index contributed by atoms with van der Waals surface area (Å²) in [5, 5.41) is 9.79. The fraction of sp³-hybridized carbons (Fsp3) is 0.455. The number of hydrogen-bond donors (Lipinski definition) is 1. The second kappa shape index (κ2) is 4.02. The van der Waals surface area contributed by atoms with Gasteiger partial charge in [0, 0.05) is 5.02 Å². The zero-order valence-electron chi connectivity index (χ0n) is 8.69. The Morgan fingerprint density at radius 3 is 2.19 bits per heavy atom. The molecule has 0 spiro atoms. The van der Waals surface area contributed by atoms with Crippen LogP contribution >= 0.6 is 11.6 Å². The van der Waals surface area contributed by atoms with Crippen LogP contribution in [0, 0.1) is 0 Å². The number of benzene rings is 1. The predicted octanol–water partition coefficient (Wildman–Crippen LogP) is 2.03. The molecule has 2 rings (SSSR count). The molecule has 0 amide bonds. The van der Waals surface area contributed by atoms with Gasteiger partial charge < -0.3 is 5.11 Å². The minimum Gasteiger partial charge on any atom is -0.395 e. The minimum atomic E-state index is -3.44. The van der Waals surface area contributed by atoms with Crippen molar-refractivity contribution in [2.45, 2.75) is 28.9 Å². The van der Waals surface area contributed by atoms with Crippen LogP contribution in [0.5, 0.6) is 0 Å². The lowest BCUT2D eigenvalue weighted by Crippen LogP contribution is -2.48. The van der Waals surface area contributed by atoms with Crippen molar-refractivity contribution in [3.05, 3.63) is 29.3 Å². The zero-order valence-corrected chi connectivity index (χ0v) is 10.3. The van der Waals surface area contributed by atoms with Gasteiger partial charge in [-0.2, -0.15) is 0 Å². The first-order valence-electron chi connectivity index (χ1n) is 5.13. The molecule has 1 fully saturated rings. The fourth-order valence-corrected chi connectivity index (χ4v) is 4.06. The summed E-state index contributed by atoms with van der Waals surface area (Å²) in [5.74, 6) is 0. The molecule has 1 aliphatic carbocycles. The van der Waals surface area contributed by atoms with Crippen LogP contribution in [0.3, 0.4) is 0 Å². The van der Waals surface area contributed by atoms with Gasteiger partial charge in [-0.15, -0.1) is 0 Å². The van der Waals surface area contributed by atoms with Crippen LogP contribution in [-0.4, -0.2) is 24.9 Å². The van der Waals surface area contributed by atoms with Crippen LogP contribution in [0.2, 0.25) is 5.02 Å². The summed E-state index contributed by atoms with van der Waals surface area (Å²) in [4.78, 5) is 0.241. The maximum atomic E-state index is 12.3. The monoisotopic (exact) mass is 260 g/mol. The fourth-order valence-electron chi connectivity index (χ4n) is 1.95. The Morgan fingerprint density at radius 1 is 1.25 bits per heavy atom. The van der Waals surface area contributed by atoms with Crippen LogP contribution in [-0.2, 0) is 9.84 Å². The van der Waals surface area contributed by atoms with Crippen LogP contribution in [0.15, 0.2) is 29.2 Å². The third-order valence-corrected chi connectivity index (χ3v) is 6.07. The first-order chi connectivity index (χ1) is 7.52. The highest BCUT2D eigenvalue weighted by Crippen LogP contribution is 2.42. The quantitative estimate of drug-likeness (QED) is 0.905. The number of aliphatic hydroxyl groups is 1. The summed E-state index contributed by atoms with van der Waals surface area (Å²) >= 11 is 5.71. The van der Waals surface area contributed by atoms with E-state index < -0.39 is 14.6 Å². The maximum Gasteiger partial charge on any atom is 0.186 e. The van der Waals surface area contributed by atoms with Crippen molar-refractivity contribution < 1.29 is 13.5 Å². The molecule has 0 heterocycles. The molecule has 0 saturated heterocycles. The van der Waals surface area contributed by atoms with Crippen LogP contribution in [0.25, 0.3) is 0 Å². The third-order valence-electron chi connectivity index (χ3n) is 3.25. The predicted molar refractivity (Wildman–Crippen MR) is 62.3 cm³/mol. The molecule has 16 heavy (non-hydrogen) atoms. The Kier molecular flexibility index (Phi) is 2.99. The molecule has 0 aromatic heterocycles. The Labute approximate surface area is 100.0 Å². The summed E-state index contributed by atoms with van der Waals surface area (Å²) < 4.78 is 23.6. The molecule has 0 radical (unpaired) electrons. The van der Waals surface area contributed by atoms with E-state index in [1.165, 1.54) is 12.1 Å². The SMILES string of the molecule is O=S(=O)(c1ccc(Cl)cc1)C1(CO)CCC1. The molecule has 1 aromatic rings. The van der Waals surface area contributed by atoms with Crippen LogP contribution in [0.1, 0.15) is 19.3 Å². The largest absolute Gasteiger partial charge is 0.395 e. The summed E-state index contributed by atoms with van der Waals surface area (Å²) in [7, 11) is -3.44. The first-order valence-corrected chi connectivity index (χ1v) is 6.99. The van der Waals surface area contributed by atoms with Crippen LogP contribution < -0.4 is 0 Å². The second-order valence-electron chi connectivity index (χ2n) is 4.15. The van der Waals surface area contributed by atoms with Gasteiger partial charge >= 0.3 is 0 Å².